The fourth-order valence-electron chi connectivity index (χ4n) is 2.10. The van der Waals surface area contributed by atoms with Gasteiger partial charge < -0.3 is 14.3 Å². The van der Waals surface area contributed by atoms with Crippen molar-refractivity contribution < 1.29 is 30.6 Å². The predicted molar refractivity (Wildman–Crippen MR) is 87.9 cm³/mol. The Balaban J connectivity index is 3.06. The van der Waals surface area contributed by atoms with Crippen LogP contribution in [0.4, 0.5) is 13.2 Å². The molecule has 0 spiro atoms. The summed E-state index contributed by atoms with van der Waals surface area (Å²) in [6.07, 6.45) is 0.752. The van der Waals surface area contributed by atoms with Crippen molar-refractivity contribution in [2.45, 2.75) is 38.6 Å². The first kappa shape index (κ1) is 21.4. The third kappa shape index (κ3) is 5.43. The summed E-state index contributed by atoms with van der Waals surface area (Å²) < 4.78 is 63.6. The van der Waals surface area contributed by atoms with E-state index in [0.29, 0.717) is 24.6 Å². The topological polar surface area (TPSA) is 72.5 Å². The molecule has 0 aromatic heterocycles. The van der Waals surface area contributed by atoms with Crippen LogP contribution < -0.4 is 9.50 Å². The van der Waals surface area contributed by atoms with Gasteiger partial charge in [-0.1, -0.05) is 26.0 Å². The Hall–Kier alpha value is -1.61. The lowest BCUT2D eigenvalue weighted by Crippen LogP contribution is -2.38. The van der Waals surface area contributed by atoms with E-state index >= 15 is 0 Å². The van der Waals surface area contributed by atoms with Crippen LogP contribution in [0, 0.1) is 12.8 Å². The number of benzene rings is 1. The van der Waals surface area contributed by atoms with Crippen LogP contribution >= 0.6 is 0 Å². The average Bonchev–Trinajstić information content (AvgIpc) is 2.47. The molecule has 1 aromatic carbocycles. The van der Waals surface area contributed by atoms with E-state index in [1.165, 1.54) is 19.1 Å². The van der Waals surface area contributed by atoms with Crippen LogP contribution in [0.5, 0.6) is 5.75 Å². The van der Waals surface area contributed by atoms with Crippen molar-refractivity contribution in [3.05, 3.63) is 29.3 Å². The van der Waals surface area contributed by atoms with Crippen molar-refractivity contribution in [3.8, 4) is 5.75 Å². The quantitative estimate of drug-likeness (QED) is 0.426. The zero-order chi connectivity index (χ0) is 19.5. The number of rotatable bonds is 8. The first-order valence-corrected chi connectivity index (χ1v) is 9.02. The molecule has 1 unspecified atom stereocenters. The van der Waals surface area contributed by atoms with Crippen molar-refractivity contribution in [1.82, 2.24) is 5.32 Å². The van der Waals surface area contributed by atoms with Gasteiger partial charge in [-0.3, -0.25) is 0 Å². The Kier molecular flexibility index (Phi) is 6.63. The standard InChI is InChI=1S/C16H22F3NO4S/c1-11(2)8-20-9-15(4,10-21)13-5-6-14(12(3)7-13)24-25(22,23)16(17,18)19/h5-7,10-11,20H,8-9H2,1-4H3. The highest BCUT2D eigenvalue weighted by atomic mass is 32.2. The fraction of sp³-hybridized carbons (Fsp3) is 0.562. The molecule has 0 aliphatic rings. The minimum absolute atomic E-state index is 0.183. The largest absolute Gasteiger partial charge is 0.534 e. The molecule has 0 saturated carbocycles. The summed E-state index contributed by atoms with van der Waals surface area (Å²) >= 11 is 0. The van der Waals surface area contributed by atoms with E-state index in [0.717, 1.165) is 12.4 Å². The lowest BCUT2D eigenvalue weighted by molar-refractivity contribution is -0.112. The van der Waals surface area contributed by atoms with Crippen LogP contribution in [0.25, 0.3) is 0 Å². The Bertz CT molecular complexity index is 717. The van der Waals surface area contributed by atoms with Crippen LogP contribution in [0.2, 0.25) is 0 Å². The van der Waals surface area contributed by atoms with Gasteiger partial charge in [0.25, 0.3) is 0 Å². The van der Waals surface area contributed by atoms with Gasteiger partial charge in [-0.05, 0) is 43.5 Å². The van der Waals surface area contributed by atoms with Crippen molar-refractivity contribution in [3.63, 3.8) is 0 Å². The number of hydrogen-bond donors (Lipinski definition) is 1. The molecule has 142 valence electrons. The highest BCUT2D eigenvalue weighted by molar-refractivity contribution is 7.88. The van der Waals surface area contributed by atoms with Gasteiger partial charge in [-0.2, -0.15) is 21.6 Å². The third-order valence-electron chi connectivity index (χ3n) is 3.62. The van der Waals surface area contributed by atoms with E-state index in [1.54, 1.807) is 6.92 Å². The van der Waals surface area contributed by atoms with Gasteiger partial charge in [-0.15, -0.1) is 0 Å². The van der Waals surface area contributed by atoms with E-state index in [-0.39, 0.29) is 5.56 Å². The lowest BCUT2D eigenvalue weighted by Gasteiger charge is -2.25. The molecule has 0 radical (unpaired) electrons. The number of aldehydes is 1. The van der Waals surface area contributed by atoms with Gasteiger partial charge in [0.05, 0.1) is 5.41 Å². The molecule has 0 fully saturated rings. The maximum atomic E-state index is 12.4. The predicted octanol–water partition coefficient (Wildman–Crippen LogP) is 2.93. The molecule has 5 nitrogen and oxygen atoms in total. The second-order valence-electron chi connectivity index (χ2n) is 6.52. The number of aryl methyl sites for hydroxylation is 1. The normalized spacial score (nSPS) is 15.0. The number of carbonyl (C=O) groups is 1. The molecule has 0 amide bonds. The zero-order valence-electron chi connectivity index (χ0n) is 14.5. The maximum absolute atomic E-state index is 12.4. The number of halogens is 3. The van der Waals surface area contributed by atoms with Gasteiger partial charge in [0.15, 0.2) is 0 Å². The number of alkyl halides is 3. The molecule has 9 heteroatoms. The first-order chi connectivity index (χ1) is 11.3. The third-order valence-corrected chi connectivity index (χ3v) is 4.59. The van der Waals surface area contributed by atoms with Gasteiger partial charge >= 0.3 is 15.6 Å². The maximum Gasteiger partial charge on any atom is 0.534 e. The Morgan fingerprint density at radius 3 is 2.32 bits per heavy atom. The molecule has 1 rings (SSSR count). The smallest absolute Gasteiger partial charge is 0.376 e. The monoisotopic (exact) mass is 381 g/mol. The molecule has 1 atom stereocenters. The van der Waals surface area contributed by atoms with E-state index in [9.17, 15) is 26.4 Å². The van der Waals surface area contributed by atoms with Crippen LogP contribution in [0.1, 0.15) is 31.9 Å². The van der Waals surface area contributed by atoms with Gasteiger partial charge in [0.2, 0.25) is 0 Å². The molecule has 0 saturated heterocycles. The number of carbonyl (C=O) groups excluding carboxylic acids is 1. The van der Waals surface area contributed by atoms with E-state index in [4.69, 9.17) is 0 Å². The van der Waals surface area contributed by atoms with Gasteiger partial charge in [-0.25, -0.2) is 0 Å². The molecule has 0 heterocycles. The van der Waals surface area contributed by atoms with Crippen LogP contribution in [0.3, 0.4) is 0 Å². The zero-order valence-corrected chi connectivity index (χ0v) is 15.3. The van der Waals surface area contributed by atoms with Crippen molar-refractivity contribution in [2.24, 2.45) is 5.92 Å². The second kappa shape index (κ2) is 7.74. The minimum atomic E-state index is -5.73. The Morgan fingerprint density at radius 1 is 1.28 bits per heavy atom. The number of nitrogens with one attached hydrogen (secondary N) is 1. The molecule has 0 bridgehead atoms. The van der Waals surface area contributed by atoms with Crippen LogP contribution in [0.15, 0.2) is 18.2 Å². The van der Waals surface area contributed by atoms with Crippen molar-refractivity contribution in [1.29, 1.82) is 0 Å². The second-order valence-corrected chi connectivity index (χ2v) is 8.06. The summed E-state index contributed by atoms with van der Waals surface area (Å²) in [6.45, 7) is 8.18. The Morgan fingerprint density at radius 2 is 1.88 bits per heavy atom. The number of hydrogen-bond acceptors (Lipinski definition) is 5. The van der Waals surface area contributed by atoms with Gasteiger partial charge in [0, 0.05) is 6.54 Å². The average molecular weight is 381 g/mol. The molecule has 25 heavy (non-hydrogen) atoms. The summed E-state index contributed by atoms with van der Waals surface area (Å²) in [4.78, 5) is 11.5. The SMILES string of the molecule is Cc1cc(C(C)(C=O)CNCC(C)C)ccc1OS(=O)(=O)C(F)(F)F. The molecule has 0 aliphatic carbocycles. The summed E-state index contributed by atoms with van der Waals surface area (Å²) in [5.74, 6) is -0.0366. The lowest BCUT2D eigenvalue weighted by atomic mass is 9.83. The summed E-state index contributed by atoms with van der Waals surface area (Å²) in [5.41, 5.74) is -5.67. The van der Waals surface area contributed by atoms with Crippen LogP contribution in [-0.2, 0) is 20.3 Å². The highest BCUT2D eigenvalue weighted by Crippen LogP contribution is 2.31. The molecule has 1 N–H and O–H groups in total. The van der Waals surface area contributed by atoms with Crippen molar-refractivity contribution in [2.75, 3.05) is 13.1 Å². The first-order valence-electron chi connectivity index (χ1n) is 7.61. The van der Waals surface area contributed by atoms with E-state index in [1.807, 2.05) is 13.8 Å². The minimum Gasteiger partial charge on any atom is -0.376 e. The van der Waals surface area contributed by atoms with E-state index < -0.39 is 26.8 Å². The van der Waals surface area contributed by atoms with Gasteiger partial charge in [0.1, 0.15) is 12.0 Å². The van der Waals surface area contributed by atoms with E-state index in [2.05, 4.69) is 9.50 Å². The molecular formula is C16H22F3NO4S. The van der Waals surface area contributed by atoms with Crippen molar-refractivity contribution >= 4 is 16.4 Å². The van der Waals surface area contributed by atoms with Crippen LogP contribution in [-0.4, -0.2) is 33.3 Å². The summed E-state index contributed by atoms with van der Waals surface area (Å²) in [5, 5.41) is 3.16. The fourth-order valence-corrected chi connectivity index (χ4v) is 2.61. The summed E-state index contributed by atoms with van der Waals surface area (Å²) in [7, 11) is -5.73. The molecule has 1 aromatic rings. The molecular weight excluding hydrogens is 359 g/mol. The highest BCUT2D eigenvalue weighted by Gasteiger charge is 2.48. The summed E-state index contributed by atoms with van der Waals surface area (Å²) in [6, 6.07) is 3.96. The Labute approximate surface area is 145 Å². The molecule has 0 aliphatic heterocycles.